The van der Waals surface area contributed by atoms with Crippen LogP contribution in [0.3, 0.4) is 0 Å². The lowest BCUT2D eigenvalue weighted by Gasteiger charge is -2.03. The molecule has 0 atom stereocenters. The van der Waals surface area contributed by atoms with Gasteiger partial charge in [0.25, 0.3) is 5.91 Å². The van der Waals surface area contributed by atoms with Crippen molar-refractivity contribution in [1.29, 1.82) is 5.26 Å². The molecule has 6 nitrogen and oxygen atoms in total. The van der Waals surface area contributed by atoms with E-state index >= 15 is 0 Å². The van der Waals surface area contributed by atoms with Crippen LogP contribution in [-0.2, 0) is 6.54 Å². The predicted octanol–water partition coefficient (Wildman–Crippen LogP) is 1.78. The van der Waals surface area contributed by atoms with Crippen LogP contribution in [0.1, 0.15) is 32.0 Å². The number of hydrogen-bond acceptors (Lipinski definition) is 4. The van der Waals surface area contributed by atoms with Gasteiger partial charge < -0.3 is 14.8 Å². The molecule has 0 radical (unpaired) electrons. The number of nitrogens with zero attached hydrogens (tertiary/aromatic N) is 1. The van der Waals surface area contributed by atoms with Crippen molar-refractivity contribution in [3.8, 4) is 6.07 Å². The van der Waals surface area contributed by atoms with Crippen LogP contribution in [0.4, 0.5) is 0 Å². The molecule has 0 unspecified atom stereocenters. The molecule has 100 valence electrons. The molecule has 2 N–H and O–H groups in total. The lowest BCUT2D eigenvalue weighted by atomic mass is 10.1. The van der Waals surface area contributed by atoms with Gasteiger partial charge in [0.15, 0.2) is 5.76 Å². The maximum atomic E-state index is 11.7. The van der Waals surface area contributed by atoms with Gasteiger partial charge in [-0.15, -0.1) is 0 Å². The van der Waals surface area contributed by atoms with Gasteiger partial charge in [-0.3, -0.25) is 4.79 Å². The molecule has 0 saturated heterocycles. The molecule has 0 fully saturated rings. The fourth-order valence-corrected chi connectivity index (χ4v) is 1.53. The number of furan rings is 1. The largest absolute Gasteiger partial charge is 0.478 e. The number of hydrogen-bond donors (Lipinski definition) is 2. The molecule has 0 bridgehead atoms. The number of carboxylic acids is 1. The molecule has 2 aromatic rings. The van der Waals surface area contributed by atoms with Crippen molar-refractivity contribution >= 4 is 11.9 Å². The molecular formula is C14H10N2O4. The molecule has 2 rings (SSSR count). The van der Waals surface area contributed by atoms with Crippen molar-refractivity contribution in [3.05, 3.63) is 59.0 Å². The highest BCUT2D eigenvalue weighted by molar-refractivity contribution is 5.95. The van der Waals surface area contributed by atoms with Crippen LogP contribution in [0.5, 0.6) is 0 Å². The molecule has 1 aromatic heterocycles. The number of carbonyl (C=O) groups excluding carboxylic acids is 1. The Labute approximate surface area is 114 Å². The average molecular weight is 270 g/mol. The van der Waals surface area contributed by atoms with E-state index in [2.05, 4.69) is 5.32 Å². The summed E-state index contributed by atoms with van der Waals surface area (Å²) in [6.07, 6.45) is 1.01. The first-order valence-corrected chi connectivity index (χ1v) is 5.69. The van der Waals surface area contributed by atoms with Gasteiger partial charge in [0.05, 0.1) is 17.2 Å². The highest BCUT2D eigenvalue weighted by Gasteiger charge is 2.14. The van der Waals surface area contributed by atoms with Gasteiger partial charge >= 0.3 is 5.97 Å². The molecule has 1 amide bonds. The molecule has 0 aliphatic carbocycles. The quantitative estimate of drug-likeness (QED) is 0.881. The molecule has 20 heavy (non-hydrogen) atoms. The van der Waals surface area contributed by atoms with Gasteiger partial charge in [0.2, 0.25) is 0 Å². The molecule has 0 saturated carbocycles. The Morgan fingerprint density at radius 2 is 2.00 bits per heavy atom. The minimum absolute atomic E-state index is 0.0592. The van der Waals surface area contributed by atoms with Gasteiger partial charge in [0.1, 0.15) is 6.26 Å². The number of rotatable bonds is 4. The summed E-state index contributed by atoms with van der Waals surface area (Å²) in [5, 5.41) is 20.0. The topological polar surface area (TPSA) is 103 Å². The second-order valence-electron chi connectivity index (χ2n) is 4.00. The maximum absolute atomic E-state index is 11.7. The van der Waals surface area contributed by atoms with Gasteiger partial charge in [-0.05, 0) is 17.7 Å². The van der Waals surface area contributed by atoms with Gasteiger partial charge in [-0.2, -0.15) is 5.26 Å². The number of nitriles is 1. The molecule has 0 aliphatic rings. The Hall–Kier alpha value is -3.07. The van der Waals surface area contributed by atoms with Crippen LogP contribution in [0.2, 0.25) is 0 Å². The molecule has 0 aliphatic heterocycles. The first-order chi connectivity index (χ1) is 9.60. The third-order valence-corrected chi connectivity index (χ3v) is 2.61. The highest BCUT2D eigenvalue weighted by Crippen LogP contribution is 2.08. The normalized spacial score (nSPS) is 9.75. The highest BCUT2D eigenvalue weighted by atomic mass is 16.4. The van der Waals surface area contributed by atoms with Crippen LogP contribution in [0, 0.1) is 11.3 Å². The Balaban J connectivity index is 1.97. The van der Waals surface area contributed by atoms with Crippen molar-refractivity contribution in [2.75, 3.05) is 0 Å². The van der Waals surface area contributed by atoms with E-state index in [-0.39, 0.29) is 17.9 Å². The molecule has 1 heterocycles. The molecular weight excluding hydrogens is 260 g/mol. The van der Waals surface area contributed by atoms with Gasteiger partial charge in [0, 0.05) is 12.6 Å². The van der Waals surface area contributed by atoms with E-state index in [4.69, 9.17) is 14.8 Å². The SMILES string of the molecule is N#Cc1ccc(CNC(=O)c2cc(C(=O)O)co2)cc1. The van der Waals surface area contributed by atoms with Crippen molar-refractivity contribution in [3.63, 3.8) is 0 Å². The van der Waals surface area contributed by atoms with Crippen molar-refractivity contribution in [2.45, 2.75) is 6.54 Å². The second-order valence-corrected chi connectivity index (χ2v) is 4.00. The summed E-state index contributed by atoms with van der Waals surface area (Å²) in [5.74, 6) is -1.71. The smallest absolute Gasteiger partial charge is 0.338 e. The van der Waals surface area contributed by atoms with E-state index in [1.165, 1.54) is 0 Å². The number of carbonyl (C=O) groups is 2. The number of amides is 1. The number of carboxylic acid groups (broad SMARTS) is 1. The number of aromatic carboxylic acids is 1. The summed E-state index contributed by atoms with van der Waals surface area (Å²) >= 11 is 0. The third kappa shape index (κ3) is 3.03. The minimum atomic E-state index is -1.15. The average Bonchev–Trinajstić information content (AvgIpc) is 2.95. The van der Waals surface area contributed by atoms with Gasteiger partial charge in [-0.1, -0.05) is 12.1 Å². The maximum Gasteiger partial charge on any atom is 0.338 e. The van der Waals surface area contributed by atoms with Crippen LogP contribution in [0.25, 0.3) is 0 Å². The first-order valence-electron chi connectivity index (χ1n) is 5.69. The van der Waals surface area contributed by atoms with E-state index in [1.807, 2.05) is 6.07 Å². The zero-order valence-corrected chi connectivity index (χ0v) is 10.3. The Bertz CT molecular complexity index is 680. The zero-order chi connectivity index (χ0) is 14.5. The van der Waals surface area contributed by atoms with E-state index in [0.717, 1.165) is 17.9 Å². The standard InChI is InChI=1S/C14H10N2O4/c15-6-9-1-3-10(4-2-9)7-16-13(17)12-5-11(8-20-12)14(18)19/h1-5,8H,7H2,(H,16,17)(H,18,19). The second kappa shape index (κ2) is 5.71. The lowest BCUT2D eigenvalue weighted by Crippen LogP contribution is -2.22. The zero-order valence-electron chi connectivity index (χ0n) is 10.3. The number of benzene rings is 1. The number of nitrogens with one attached hydrogen (secondary N) is 1. The fourth-order valence-electron chi connectivity index (χ4n) is 1.53. The fraction of sp³-hybridized carbons (Fsp3) is 0.0714. The van der Waals surface area contributed by atoms with E-state index in [0.29, 0.717) is 5.56 Å². The Morgan fingerprint density at radius 1 is 1.30 bits per heavy atom. The van der Waals surface area contributed by atoms with Crippen LogP contribution < -0.4 is 5.32 Å². The third-order valence-electron chi connectivity index (χ3n) is 2.61. The Kier molecular flexibility index (Phi) is 3.82. The summed E-state index contributed by atoms with van der Waals surface area (Å²) in [6, 6.07) is 9.91. The molecule has 0 spiro atoms. The minimum Gasteiger partial charge on any atom is -0.478 e. The van der Waals surface area contributed by atoms with Crippen molar-refractivity contribution in [1.82, 2.24) is 5.32 Å². The summed E-state index contributed by atoms with van der Waals surface area (Å²) in [5.41, 5.74) is 1.29. The molecule has 1 aromatic carbocycles. The Morgan fingerprint density at radius 3 is 2.55 bits per heavy atom. The van der Waals surface area contributed by atoms with Gasteiger partial charge in [-0.25, -0.2) is 4.79 Å². The van der Waals surface area contributed by atoms with Crippen molar-refractivity contribution in [2.24, 2.45) is 0 Å². The van der Waals surface area contributed by atoms with E-state index < -0.39 is 11.9 Å². The first kappa shape index (κ1) is 13.4. The van der Waals surface area contributed by atoms with Crippen LogP contribution in [-0.4, -0.2) is 17.0 Å². The summed E-state index contributed by atoms with van der Waals surface area (Å²) in [6.45, 7) is 0.258. The van der Waals surface area contributed by atoms with E-state index in [1.54, 1.807) is 24.3 Å². The monoisotopic (exact) mass is 270 g/mol. The van der Waals surface area contributed by atoms with Crippen molar-refractivity contribution < 1.29 is 19.1 Å². The summed E-state index contributed by atoms with van der Waals surface area (Å²) in [4.78, 5) is 22.4. The molecule has 6 heteroatoms. The lowest BCUT2D eigenvalue weighted by molar-refractivity contribution is 0.0696. The summed E-state index contributed by atoms with van der Waals surface area (Å²) in [7, 11) is 0. The van der Waals surface area contributed by atoms with E-state index in [9.17, 15) is 9.59 Å². The van der Waals surface area contributed by atoms with Crippen LogP contribution in [0.15, 0.2) is 41.0 Å². The predicted molar refractivity (Wildman–Crippen MR) is 68.0 cm³/mol. The summed E-state index contributed by atoms with van der Waals surface area (Å²) < 4.78 is 4.88. The van der Waals surface area contributed by atoms with Crippen LogP contribution >= 0.6 is 0 Å².